The van der Waals surface area contributed by atoms with Crippen LogP contribution in [-0.2, 0) is 49.0 Å². The molecule has 0 amide bonds. The molecule has 2 aliphatic rings. The van der Waals surface area contributed by atoms with Gasteiger partial charge < -0.3 is 10.2 Å². The third-order valence-electron chi connectivity index (χ3n) is 4.30. The third kappa shape index (κ3) is 13.8. The molecule has 0 unspecified atom stereocenters. The van der Waals surface area contributed by atoms with Crippen LogP contribution in [0.1, 0.15) is 61.8 Å². The summed E-state index contributed by atoms with van der Waals surface area (Å²) in [6, 6.07) is 13.4. The van der Waals surface area contributed by atoms with E-state index >= 15 is 0 Å². The van der Waals surface area contributed by atoms with E-state index < -0.39 is 0 Å². The molecule has 0 spiro atoms. The average molecular weight is 478 g/mol. The van der Waals surface area contributed by atoms with Crippen molar-refractivity contribution in [3.63, 3.8) is 0 Å². The van der Waals surface area contributed by atoms with Crippen LogP contribution in [-0.4, -0.2) is 18.6 Å². The van der Waals surface area contributed by atoms with Crippen molar-refractivity contribution in [3.05, 3.63) is 58.7 Å². The summed E-state index contributed by atoms with van der Waals surface area (Å²) in [6.07, 6.45) is 10.9. The van der Waals surface area contributed by atoms with Crippen molar-refractivity contribution in [2.45, 2.75) is 78.3 Å². The van der Waals surface area contributed by atoms with Crippen molar-refractivity contribution in [1.82, 2.24) is 0 Å². The maximum absolute atomic E-state index is 8.93. The van der Waals surface area contributed by atoms with Crippen LogP contribution in [0.3, 0.4) is 0 Å². The van der Waals surface area contributed by atoms with Gasteiger partial charge in [0, 0.05) is 0 Å². The maximum atomic E-state index is 8.93. The van der Waals surface area contributed by atoms with E-state index in [9.17, 15) is 0 Å². The van der Waals surface area contributed by atoms with Crippen molar-refractivity contribution in [1.29, 1.82) is 0 Å². The Morgan fingerprint density at radius 1 is 0.786 bits per heavy atom. The summed E-state index contributed by atoms with van der Waals surface area (Å²) in [5.74, 6) is 0. The molecule has 0 saturated heterocycles. The second-order valence-electron chi connectivity index (χ2n) is 7.14. The molecule has 0 saturated carbocycles. The second kappa shape index (κ2) is 18.7. The molecule has 0 bridgehead atoms. The molecule has 156 valence electrons. The first-order valence-electron chi connectivity index (χ1n) is 10.6. The number of aryl methyl sites for hydroxylation is 4. The molecule has 0 aromatic heterocycles. The summed E-state index contributed by atoms with van der Waals surface area (Å²) < 4.78 is 0. The molecule has 4 heteroatoms. The van der Waals surface area contributed by atoms with E-state index in [4.69, 9.17) is 10.2 Å². The van der Waals surface area contributed by atoms with Crippen LogP contribution in [0.4, 0.5) is 0 Å². The van der Waals surface area contributed by atoms with Gasteiger partial charge in [0.25, 0.3) is 0 Å². The summed E-state index contributed by atoms with van der Waals surface area (Å²) in [5.41, 5.74) is 6.60. The molecule has 4 rings (SSSR count). The summed E-state index contributed by atoms with van der Waals surface area (Å²) >= 11 is 1.74. The molecular weight excluding hydrogens is 440 g/mol. The van der Waals surface area contributed by atoms with Gasteiger partial charge in [-0.25, -0.2) is 12.1 Å². The van der Waals surface area contributed by atoms with Crippen LogP contribution >= 0.6 is 0 Å². The van der Waals surface area contributed by atoms with E-state index in [1.807, 2.05) is 0 Å². The second-order valence-corrected chi connectivity index (χ2v) is 16.5. The number of fused-ring (bicyclic) bond motifs is 2. The van der Waals surface area contributed by atoms with Crippen molar-refractivity contribution < 1.29 is 33.5 Å². The largest absolute Gasteiger partial charge is 0.210 e. The SMILES string of the molecule is CC[O-].CC[O-].C[Si](C)=[Zr+2].c1cc2c([cH-]1)CCCC2.c1cc2c([cH-]1)CCCC2. The Balaban J connectivity index is 0.000000361. The van der Waals surface area contributed by atoms with Crippen LogP contribution in [0.5, 0.6) is 0 Å². The van der Waals surface area contributed by atoms with Gasteiger partial charge in [-0.2, -0.15) is 46.5 Å². The summed E-state index contributed by atoms with van der Waals surface area (Å²) in [5, 5.41) is 17.9. The van der Waals surface area contributed by atoms with Gasteiger partial charge in [-0.1, -0.05) is 65.2 Å². The quantitative estimate of drug-likeness (QED) is 0.424. The summed E-state index contributed by atoms with van der Waals surface area (Å²) in [4.78, 5) is 0. The molecular formula is C24H38O2SiZr-2. The molecule has 0 fully saturated rings. The zero-order valence-electron chi connectivity index (χ0n) is 18.4. The van der Waals surface area contributed by atoms with Gasteiger partial charge in [0.1, 0.15) is 0 Å². The molecule has 0 atom stereocenters. The fraction of sp³-hybridized carbons (Fsp3) is 0.583. The molecule has 2 nitrogen and oxygen atoms in total. The summed E-state index contributed by atoms with van der Waals surface area (Å²) in [7, 11) is 0. The van der Waals surface area contributed by atoms with E-state index in [0.717, 1.165) is 0 Å². The Morgan fingerprint density at radius 2 is 1.07 bits per heavy atom. The van der Waals surface area contributed by atoms with Crippen molar-refractivity contribution in [2.75, 3.05) is 13.2 Å². The number of hydrogen-bond acceptors (Lipinski definition) is 2. The van der Waals surface area contributed by atoms with Gasteiger partial charge in [0.05, 0.1) is 0 Å². The fourth-order valence-electron chi connectivity index (χ4n) is 3.23. The van der Waals surface area contributed by atoms with Crippen molar-refractivity contribution in [3.8, 4) is 0 Å². The zero-order chi connectivity index (χ0) is 21.2. The Hall–Kier alpha value is -0.280. The summed E-state index contributed by atoms with van der Waals surface area (Å²) in [6.45, 7) is 7.76. The molecule has 2 aliphatic carbocycles. The monoisotopic (exact) mass is 476 g/mol. The fourth-order valence-corrected chi connectivity index (χ4v) is 3.23. The standard InChI is InChI=1S/2C9H11.2C2H5O.C2H6Si.Zr/c2*1-2-5-9-7-3-6-8(9)4-1;2*1-2-3;1-3-2;/h2*3,6-7H,1-2,4-5H2;2*2H2,1H3;1-2H3;/q4*-1;;+2. The molecule has 0 heterocycles. The first kappa shape index (κ1) is 27.7. The van der Waals surface area contributed by atoms with Gasteiger partial charge in [-0.15, -0.1) is 13.2 Å². The zero-order valence-corrected chi connectivity index (χ0v) is 21.8. The molecule has 28 heavy (non-hydrogen) atoms. The first-order chi connectivity index (χ1) is 13.5. The minimum Gasteiger partial charge on any atom is -0.210 e. The van der Waals surface area contributed by atoms with E-state index in [0.29, 0.717) is 0 Å². The van der Waals surface area contributed by atoms with Gasteiger partial charge in [-0.05, 0) is 0 Å². The predicted octanol–water partition coefficient (Wildman–Crippen LogP) is 4.09. The Kier molecular flexibility index (Phi) is 18.5. The normalized spacial score (nSPS) is 13.4. The van der Waals surface area contributed by atoms with Gasteiger partial charge in [-0.3, -0.25) is 0 Å². The molecule has 2 aromatic rings. The first-order valence-corrected chi connectivity index (χ1v) is 16.8. The minimum absolute atomic E-state index is 0. The minimum atomic E-state index is 0. The third-order valence-corrected chi connectivity index (χ3v) is 4.30. The Morgan fingerprint density at radius 3 is 1.36 bits per heavy atom. The average Bonchev–Trinajstić information content (AvgIpc) is 3.32. The van der Waals surface area contributed by atoms with Crippen LogP contribution in [0, 0.1) is 0 Å². The van der Waals surface area contributed by atoms with Crippen LogP contribution in [0.15, 0.2) is 36.4 Å². The van der Waals surface area contributed by atoms with E-state index in [-0.39, 0.29) is 18.6 Å². The Bertz CT molecular complexity index is 522. The molecule has 0 radical (unpaired) electrons. The molecule has 0 N–H and O–H groups in total. The van der Waals surface area contributed by atoms with E-state index in [2.05, 4.69) is 49.5 Å². The van der Waals surface area contributed by atoms with Crippen molar-refractivity contribution >= 4 is 5.43 Å². The topological polar surface area (TPSA) is 46.1 Å². The molecule has 0 aliphatic heterocycles. The van der Waals surface area contributed by atoms with Gasteiger partial charge in [0.15, 0.2) is 0 Å². The molecule has 2 aromatic carbocycles. The van der Waals surface area contributed by atoms with Crippen LogP contribution < -0.4 is 10.2 Å². The smallest absolute Gasteiger partial charge is 0.0512 e. The Labute approximate surface area is 188 Å². The number of hydrogen-bond donors (Lipinski definition) is 0. The van der Waals surface area contributed by atoms with Crippen LogP contribution in [0.25, 0.3) is 0 Å². The van der Waals surface area contributed by atoms with E-state index in [1.54, 1.807) is 59.4 Å². The van der Waals surface area contributed by atoms with Crippen LogP contribution in [0.2, 0.25) is 13.1 Å². The number of rotatable bonds is 0. The predicted molar refractivity (Wildman–Crippen MR) is 116 cm³/mol. The maximum Gasteiger partial charge on any atom is -0.0512 e. The van der Waals surface area contributed by atoms with Gasteiger partial charge in [0.2, 0.25) is 0 Å². The van der Waals surface area contributed by atoms with Crippen molar-refractivity contribution in [2.24, 2.45) is 0 Å². The van der Waals surface area contributed by atoms with E-state index in [1.165, 1.54) is 51.4 Å². The van der Waals surface area contributed by atoms with Gasteiger partial charge >= 0.3 is 41.9 Å².